The van der Waals surface area contributed by atoms with Crippen LogP contribution < -0.4 is 10.2 Å². The van der Waals surface area contributed by atoms with Crippen LogP contribution >= 0.6 is 0 Å². The number of urea groups is 1. The summed E-state index contributed by atoms with van der Waals surface area (Å²) in [6.45, 7) is 6.24. The van der Waals surface area contributed by atoms with Gasteiger partial charge in [-0.05, 0) is 12.1 Å². The molecular formula is C14H17F2N3O. The maximum Gasteiger partial charge on any atom is 0.317 e. The third kappa shape index (κ3) is 3.26. The molecule has 0 spiro atoms. The van der Waals surface area contributed by atoms with Crippen LogP contribution in [0.5, 0.6) is 0 Å². The number of nitrogens with zero attached hydrogens (tertiary/aromatic N) is 2. The number of carbonyl (C=O) groups excluding carboxylic acids is 1. The zero-order valence-corrected chi connectivity index (χ0v) is 11.1. The molecule has 2 rings (SSSR count). The van der Waals surface area contributed by atoms with Crippen LogP contribution in [-0.2, 0) is 0 Å². The predicted octanol–water partition coefficient (Wildman–Crippen LogP) is 1.98. The van der Waals surface area contributed by atoms with E-state index < -0.39 is 11.6 Å². The topological polar surface area (TPSA) is 35.6 Å². The summed E-state index contributed by atoms with van der Waals surface area (Å²) in [4.78, 5) is 15.4. The molecule has 1 aromatic rings. The number of nitrogens with one attached hydrogen (secondary N) is 1. The molecule has 108 valence electrons. The number of benzene rings is 1. The van der Waals surface area contributed by atoms with Crippen molar-refractivity contribution in [2.45, 2.75) is 0 Å². The third-order valence-electron chi connectivity index (χ3n) is 3.23. The lowest BCUT2D eigenvalue weighted by atomic mass is 10.2. The zero-order chi connectivity index (χ0) is 14.5. The summed E-state index contributed by atoms with van der Waals surface area (Å²) in [5, 5.41) is 2.71. The normalized spacial score (nSPS) is 15.1. The molecule has 4 nitrogen and oxygen atoms in total. The number of amides is 2. The van der Waals surface area contributed by atoms with E-state index in [9.17, 15) is 13.6 Å². The number of carbonyl (C=O) groups is 1. The number of hydrogen-bond acceptors (Lipinski definition) is 2. The van der Waals surface area contributed by atoms with Gasteiger partial charge in [-0.3, -0.25) is 0 Å². The molecule has 1 N–H and O–H groups in total. The van der Waals surface area contributed by atoms with E-state index in [1.807, 2.05) is 4.90 Å². The van der Waals surface area contributed by atoms with Gasteiger partial charge in [0.1, 0.15) is 0 Å². The number of anilines is 1. The van der Waals surface area contributed by atoms with E-state index in [0.717, 1.165) is 6.07 Å². The standard InChI is InChI=1S/C14H17F2N3O/c1-2-5-17-14(20)19-8-6-18(7-9-19)11-3-4-12(15)13(16)10-11/h2-4,10H,1,5-9H2,(H,17,20). The maximum atomic E-state index is 13.2. The molecule has 0 aromatic heterocycles. The van der Waals surface area contributed by atoms with Crippen molar-refractivity contribution in [3.63, 3.8) is 0 Å². The molecule has 0 unspecified atom stereocenters. The van der Waals surface area contributed by atoms with E-state index >= 15 is 0 Å². The van der Waals surface area contributed by atoms with Crippen LogP contribution in [-0.4, -0.2) is 43.7 Å². The number of rotatable bonds is 3. The molecule has 0 aliphatic carbocycles. The Kier molecular flexibility index (Phi) is 4.55. The van der Waals surface area contributed by atoms with Gasteiger partial charge in [0.25, 0.3) is 0 Å². The van der Waals surface area contributed by atoms with Crippen molar-refractivity contribution in [2.75, 3.05) is 37.6 Å². The van der Waals surface area contributed by atoms with E-state index in [2.05, 4.69) is 11.9 Å². The highest BCUT2D eigenvalue weighted by Gasteiger charge is 2.21. The smallest absolute Gasteiger partial charge is 0.317 e. The van der Waals surface area contributed by atoms with Gasteiger partial charge in [-0.25, -0.2) is 13.6 Å². The molecule has 0 bridgehead atoms. The molecule has 1 saturated heterocycles. The largest absolute Gasteiger partial charge is 0.368 e. The second kappa shape index (κ2) is 6.36. The lowest BCUT2D eigenvalue weighted by Crippen LogP contribution is -2.51. The van der Waals surface area contributed by atoms with E-state index in [1.165, 1.54) is 6.07 Å². The van der Waals surface area contributed by atoms with Gasteiger partial charge in [0.2, 0.25) is 0 Å². The fourth-order valence-electron chi connectivity index (χ4n) is 2.12. The van der Waals surface area contributed by atoms with Crippen molar-refractivity contribution < 1.29 is 13.6 Å². The molecular weight excluding hydrogens is 264 g/mol. The molecule has 0 radical (unpaired) electrons. The fraction of sp³-hybridized carbons (Fsp3) is 0.357. The second-order valence-electron chi connectivity index (χ2n) is 4.55. The van der Waals surface area contributed by atoms with E-state index in [4.69, 9.17) is 0 Å². The minimum atomic E-state index is -0.853. The van der Waals surface area contributed by atoms with Crippen molar-refractivity contribution in [1.29, 1.82) is 0 Å². The molecule has 0 atom stereocenters. The second-order valence-corrected chi connectivity index (χ2v) is 4.55. The Labute approximate surface area is 116 Å². The van der Waals surface area contributed by atoms with Gasteiger partial charge in [0, 0.05) is 44.5 Å². The van der Waals surface area contributed by atoms with Gasteiger partial charge in [-0.2, -0.15) is 0 Å². The summed E-state index contributed by atoms with van der Waals surface area (Å²) in [6.07, 6.45) is 1.62. The van der Waals surface area contributed by atoms with Crippen molar-refractivity contribution in [2.24, 2.45) is 0 Å². The summed E-state index contributed by atoms with van der Waals surface area (Å²) >= 11 is 0. The Morgan fingerprint density at radius 2 is 1.95 bits per heavy atom. The Morgan fingerprint density at radius 3 is 2.55 bits per heavy atom. The van der Waals surface area contributed by atoms with Crippen molar-refractivity contribution >= 4 is 11.7 Å². The van der Waals surface area contributed by atoms with Crippen LogP contribution in [0.4, 0.5) is 19.3 Å². The minimum absolute atomic E-state index is 0.130. The quantitative estimate of drug-likeness (QED) is 0.860. The number of halogens is 2. The molecule has 6 heteroatoms. The highest BCUT2D eigenvalue weighted by atomic mass is 19.2. The van der Waals surface area contributed by atoms with Crippen LogP contribution in [0.2, 0.25) is 0 Å². The third-order valence-corrected chi connectivity index (χ3v) is 3.23. The van der Waals surface area contributed by atoms with E-state index in [-0.39, 0.29) is 6.03 Å². The highest BCUT2D eigenvalue weighted by molar-refractivity contribution is 5.74. The Morgan fingerprint density at radius 1 is 1.25 bits per heavy atom. The summed E-state index contributed by atoms with van der Waals surface area (Å²) in [5.74, 6) is -1.70. The van der Waals surface area contributed by atoms with Gasteiger partial charge in [-0.15, -0.1) is 6.58 Å². The molecule has 2 amide bonds. The Hall–Kier alpha value is -2.11. The first-order valence-corrected chi connectivity index (χ1v) is 6.45. The van der Waals surface area contributed by atoms with Gasteiger partial charge in [0.15, 0.2) is 11.6 Å². The molecule has 0 saturated carbocycles. The number of hydrogen-bond donors (Lipinski definition) is 1. The lowest BCUT2D eigenvalue weighted by molar-refractivity contribution is 0.195. The highest BCUT2D eigenvalue weighted by Crippen LogP contribution is 2.19. The van der Waals surface area contributed by atoms with Crippen LogP contribution in [0.25, 0.3) is 0 Å². The zero-order valence-electron chi connectivity index (χ0n) is 11.1. The first kappa shape index (κ1) is 14.3. The van der Waals surface area contributed by atoms with Crippen LogP contribution in [0, 0.1) is 11.6 Å². The molecule has 1 aliphatic rings. The predicted molar refractivity (Wildman–Crippen MR) is 73.7 cm³/mol. The van der Waals surface area contributed by atoms with E-state index in [0.29, 0.717) is 38.4 Å². The molecule has 20 heavy (non-hydrogen) atoms. The maximum absolute atomic E-state index is 13.2. The lowest BCUT2D eigenvalue weighted by Gasteiger charge is -2.36. The van der Waals surface area contributed by atoms with Gasteiger partial charge in [0.05, 0.1) is 0 Å². The number of piperazine rings is 1. The summed E-state index contributed by atoms with van der Waals surface area (Å²) in [6, 6.07) is 3.72. The van der Waals surface area contributed by atoms with Crippen molar-refractivity contribution in [3.8, 4) is 0 Å². The Bertz CT molecular complexity index is 499. The molecule has 1 aliphatic heterocycles. The molecule has 1 heterocycles. The van der Waals surface area contributed by atoms with E-state index in [1.54, 1.807) is 17.0 Å². The van der Waals surface area contributed by atoms with Crippen LogP contribution in [0.15, 0.2) is 30.9 Å². The first-order valence-electron chi connectivity index (χ1n) is 6.45. The summed E-state index contributed by atoms with van der Waals surface area (Å²) < 4.78 is 26.1. The Balaban J connectivity index is 1.92. The van der Waals surface area contributed by atoms with Gasteiger partial charge >= 0.3 is 6.03 Å². The monoisotopic (exact) mass is 281 g/mol. The van der Waals surface area contributed by atoms with Crippen molar-refractivity contribution in [3.05, 3.63) is 42.5 Å². The first-order chi connectivity index (χ1) is 9.61. The molecule has 1 aromatic carbocycles. The molecule has 1 fully saturated rings. The van der Waals surface area contributed by atoms with Crippen LogP contribution in [0.1, 0.15) is 0 Å². The van der Waals surface area contributed by atoms with Crippen molar-refractivity contribution in [1.82, 2.24) is 10.2 Å². The van der Waals surface area contributed by atoms with Gasteiger partial charge < -0.3 is 15.1 Å². The summed E-state index contributed by atoms with van der Waals surface area (Å²) in [5.41, 5.74) is 0.634. The fourth-order valence-corrected chi connectivity index (χ4v) is 2.12. The minimum Gasteiger partial charge on any atom is -0.368 e. The van der Waals surface area contributed by atoms with Gasteiger partial charge in [-0.1, -0.05) is 6.08 Å². The summed E-state index contributed by atoms with van der Waals surface area (Å²) in [7, 11) is 0. The average Bonchev–Trinajstić information content (AvgIpc) is 2.48. The average molecular weight is 281 g/mol. The SMILES string of the molecule is C=CCNC(=O)N1CCN(c2ccc(F)c(F)c2)CC1. The van der Waals surface area contributed by atoms with Crippen LogP contribution in [0.3, 0.4) is 0 Å².